The fourth-order valence-corrected chi connectivity index (χ4v) is 3.85. The van der Waals surface area contributed by atoms with E-state index in [0.717, 1.165) is 27.8 Å². The van der Waals surface area contributed by atoms with Crippen molar-refractivity contribution in [3.8, 4) is 11.3 Å². The molecule has 1 aromatic carbocycles. The van der Waals surface area contributed by atoms with Gasteiger partial charge in [-0.15, -0.1) is 11.3 Å². The molecular weight excluding hydrogens is 404 g/mol. The first-order valence-corrected chi connectivity index (χ1v) is 10.6. The Hall–Kier alpha value is -3.40. The molecule has 0 aliphatic carbocycles. The molecule has 0 unspecified atom stereocenters. The highest BCUT2D eigenvalue weighted by Crippen LogP contribution is 2.28. The number of amides is 2. The maximum Gasteiger partial charge on any atom is 0.321 e. The molecule has 30 heavy (non-hydrogen) atoms. The number of anilines is 3. The zero-order valence-electron chi connectivity index (χ0n) is 16.5. The maximum absolute atomic E-state index is 11.8. The van der Waals surface area contributed by atoms with Crippen molar-refractivity contribution in [1.29, 1.82) is 0 Å². The number of benzene rings is 1. The number of carbonyl (C=O) groups excluding carboxylic acids is 2. The molecule has 2 N–H and O–H groups in total. The number of hydrogen-bond donors (Lipinski definition) is 2. The molecular formula is C20H22N6O3S. The van der Waals surface area contributed by atoms with Crippen molar-refractivity contribution in [1.82, 2.24) is 20.1 Å². The SMILES string of the molecule is CCOC(=O)CCn1cc(Nc2nc(-c3ccc(N4CCNC4=O)cc3)cs2)cn1. The van der Waals surface area contributed by atoms with E-state index in [4.69, 9.17) is 4.74 Å². The summed E-state index contributed by atoms with van der Waals surface area (Å²) >= 11 is 1.50. The van der Waals surface area contributed by atoms with E-state index in [0.29, 0.717) is 26.2 Å². The monoisotopic (exact) mass is 426 g/mol. The van der Waals surface area contributed by atoms with Crippen molar-refractivity contribution in [3.63, 3.8) is 0 Å². The Morgan fingerprint density at radius 3 is 2.90 bits per heavy atom. The average Bonchev–Trinajstić information content (AvgIpc) is 3.49. The Bertz CT molecular complexity index is 1030. The molecule has 3 aromatic rings. The number of aromatic nitrogens is 3. The van der Waals surface area contributed by atoms with Gasteiger partial charge in [0.2, 0.25) is 0 Å². The van der Waals surface area contributed by atoms with Gasteiger partial charge in [-0.1, -0.05) is 12.1 Å². The van der Waals surface area contributed by atoms with Gasteiger partial charge >= 0.3 is 12.0 Å². The number of rotatable bonds is 8. The number of carbonyl (C=O) groups is 2. The van der Waals surface area contributed by atoms with Crippen molar-refractivity contribution in [2.24, 2.45) is 0 Å². The minimum absolute atomic E-state index is 0.0642. The predicted octanol–water partition coefficient (Wildman–Crippen LogP) is 3.23. The smallest absolute Gasteiger partial charge is 0.321 e. The minimum atomic E-state index is -0.233. The number of nitrogens with one attached hydrogen (secondary N) is 2. The molecule has 1 aliphatic heterocycles. The van der Waals surface area contributed by atoms with Crippen LogP contribution in [0.4, 0.5) is 21.3 Å². The molecule has 0 spiro atoms. The van der Waals surface area contributed by atoms with Crippen molar-refractivity contribution >= 4 is 39.8 Å². The molecule has 1 aliphatic rings. The quantitative estimate of drug-likeness (QED) is 0.536. The third-order valence-electron chi connectivity index (χ3n) is 4.57. The van der Waals surface area contributed by atoms with Gasteiger partial charge in [-0.2, -0.15) is 5.10 Å². The highest BCUT2D eigenvalue weighted by molar-refractivity contribution is 7.14. The van der Waals surface area contributed by atoms with Crippen LogP contribution < -0.4 is 15.5 Å². The highest BCUT2D eigenvalue weighted by Gasteiger charge is 2.20. The molecule has 1 saturated heterocycles. The maximum atomic E-state index is 11.8. The molecule has 4 rings (SSSR count). The van der Waals surface area contributed by atoms with Crippen LogP contribution in [-0.4, -0.2) is 46.5 Å². The second-order valence-electron chi connectivity index (χ2n) is 6.64. The summed E-state index contributed by atoms with van der Waals surface area (Å²) < 4.78 is 6.62. The van der Waals surface area contributed by atoms with Gasteiger partial charge in [-0.3, -0.25) is 14.4 Å². The van der Waals surface area contributed by atoms with Gasteiger partial charge in [0, 0.05) is 35.9 Å². The van der Waals surface area contributed by atoms with E-state index in [1.54, 1.807) is 22.7 Å². The van der Waals surface area contributed by atoms with Crippen LogP contribution in [0.5, 0.6) is 0 Å². The summed E-state index contributed by atoms with van der Waals surface area (Å²) in [6, 6.07) is 7.73. The number of thiazole rings is 1. The number of esters is 1. The highest BCUT2D eigenvalue weighted by atomic mass is 32.1. The number of nitrogens with zero attached hydrogens (tertiary/aromatic N) is 4. The normalized spacial score (nSPS) is 13.4. The third kappa shape index (κ3) is 4.60. The summed E-state index contributed by atoms with van der Waals surface area (Å²) in [5.74, 6) is -0.233. The van der Waals surface area contributed by atoms with Gasteiger partial charge in [0.15, 0.2) is 5.13 Å². The van der Waals surface area contributed by atoms with Crippen LogP contribution in [0, 0.1) is 0 Å². The lowest BCUT2D eigenvalue weighted by atomic mass is 10.1. The molecule has 156 valence electrons. The Labute approximate surface area is 177 Å². The zero-order valence-corrected chi connectivity index (χ0v) is 17.3. The van der Waals surface area contributed by atoms with Crippen LogP contribution in [0.3, 0.4) is 0 Å². The van der Waals surface area contributed by atoms with E-state index in [1.165, 1.54) is 11.3 Å². The van der Waals surface area contributed by atoms with Gasteiger partial charge in [-0.25, -0.2) is 9.78 Å². The lowest BCUT2D eigenvalue weighted by molar-refractivity contribution is -0.143. The van der Waals surface area contributed by atoms with Crippen molar-refractivity contribution < 1.29 is 14.3 Å². The standard InChI is InChI=1S/C20H22N6O3S/c1-2-29-18(27)7-9-25-12-15(11-22-25)23-19-24-17(13-30-19)14-3-5-16(6-4-14)26-10-8-21-20(26)28/h3-6,11-13H,2,7-10H2,1H3,(H,21,28)(H,23,24). The molecule has 9 nitrogen and oxygen atoms in total. The summed E-state index contributed by atoms with van der Waals surface area (Å²) in [6.45, 7) is 3.98. The minimum Gasteiger partial charge on any atom is -0.466 e. The van der Waals surface area contributed by atoms with E-state index >= 15 is 0 Å². The topological polar surface area (TPSA) is 101 Å². The van der Waals surface area contributed by atoms with Crippen LogP contribution >= 0.6 is 11.3 Å². The fraction of sp³-hybridized carbons (Fsp3) is 0.300. The Morgan fingerprint density at radius 2 is 2.17 bits per heavy atom. The first-order valence-electron chi connectivity index (χ1n) is 9.69. The zero-order chi connectivity index (χ0) is 20.9. The summed E-state index contributed by atoms with van der Waals surface area (Å²) in [7, 11) is 0. The van der Waals surface area contributed by atoms with E-state index in [1.807, 2.05) is 35.8 Å². The molecule has 0 saturated carbocycles. The van der Waals surface area contributed by atoms with E-state index in [9.17, 15) is 9.59 Å². The van der Waals surface area contributed by atoms with Crippen LogP contribution in [-0.2, 0) is 16.1 Å². The summed E-state index contributed by atoms with van der Waals surface area (Å²) in [6.07, 6.45) is 3.81. The van der Waals surface area contributed by atoms with E-state index < -0.39 is 0 Å². The average molecular weight is 427 g/mol. The van der Waals surface area contributed by atoms with Gasteiger partial charge in [-0.05, 0) is 19.1 Å². The largest absolute Gasteiger partial charge is 0.466 e. The second-order valence-corrected chi connectivity index (χ2v) is 7.50. The van der Waals surface area contributed by atoms with E-state index in [2.05, 4.69) is 20.7 Å². The van der Waals surface area contributed by atoms with Gasteiger partial charge in [0.1, 0.15) is 0 Å². The summed E-state index contributed by atoms with van der Waals surface area (Å²) in [5.41, 5.74) is 3.51. The number of urea groups is 1. The molecule has 0 bridgehead atoms. The molecule has 1 fully saturated rings. The summed E-state index contributed by atoms with van der Waals surface area (Å²) in [4.78, 5) is 29.6. The number of aryl methyl sites for hydroxylation is 1. The molecule has 2 amide bonds. The van der Waals surface area contributed by atoms with Crippen molar-refractivity contribution in [2.75, 3.05) is 29.9 Å². The molecule has 0 radical (unpaired) electrons. The second kappa shape index (κ2) is 8.95. The van der Waals surface area contributed by atoms with Gasteiger partial charge in [0.25, 0.3) is 0 Å². The lowest BCUT2D eigenvalue weighted by Crippen LogP contribution is -2.27. The number of ether oxygens (including phenoxy) is 1. The Morgan fingerprint density at radius 1 is 1.33 bits per heavy atom. The van der Waals surface area contributed by atoms with Crippen LogP contribution in [0.25, 0.3) is 11.3 Å². The van der Waals surface area contributed by atoms with Gasteiger partial charge in [0.05, 0.1) is 37.2 Å². The van der Waals surface area contributed by atoms with E-state index in [-0.39, 0.29) is 18.4 Å². The molecule has 3 heterocycles. The van der Waals surface area contributed by atoms with Crippen LogP contribution in [0.1, 0.15) is 13.3 Å². The van der Waals surface area contributed by atoms with Crippen molar-refractivity contribution in [2.45, 2.75) is 19.9 Å². The number of hydrogen-bond acceptors (Lipinski definition) is 7. The summed E-state index contributed by atoms with van der Waals surface area (Å²) in [5, 5.41) is 13.0. The Kier molecular flexibility index (Phi) is 5.94. The predicted molar refractivity (Wildman–Crippen MR) is 115 cm³/mol. The Balaban J connectivity index is 1.36. The molecule has 2 aromatic heterocycles. The molecule has 10 heteroatoms. The fourth-order valence-electron chi connectivity index (χ4n) is 3.11. The molecule has 0 atom stereocenters. The van der Waals surface area contributed by atoms with Crippen LogP contribution in [0.2, 0.25) is 0 Å². The lowest BCUT2D eigenvalue weighted by Gasteiger charge is -2.14. The third-order valence-corrected chi connectivity index (χ3v) is 5.33. The first-order chi connectivity index (χ1) is 14.6. The van der Waals surface area contributed by atoms with Gasteiger partial charge < -0.3 is 15.4 Å². The van der Waals surface area contributed by atoms with Crippen molar-refractivity contribution in [3.05, 3.63) is 42.0 Å². The van der Waals surface area contributed by atoms with Crippen LogP contribution in [0.15, 0.2) is 42.0 Å². The first kappa shape index (κ1) is 19.9.